The smallest absolute Gasteiger partial charge is 0.238 e. The minimum absolute atomic E-state index is 0.124. The first-order valence-electron chi connectivity index (χ1n) is 8.79. The molecule has 144 valence electrons. The van der Waals surface area contributed by atoms with E-state index < -0.39 is 5.25 Å². The molecule has 2 heterocycles. The second-order valence-electron chi connectivity index (χ2n) is 6.55. The van der Waals surface area contributed by atoms with Gasteiger partial charge in [0.1, 0.15) is 5.25 Å². The van der Waals surface area contributed by atoms with E-state index in [-0.39, 0.29) is 25.0 Å². The van der Waals surface area contributed by atoms with Crippen LogP contribution >= 0.6 is 11.8 Å². The Morgan fingerprint density at radius 1 is 1.21 bits per heavy atom. The molecule has 1 N–H and O–H groups in total. The molecule has 0 saturated carbocycles. The van der Waals surface area contributed by atoms with Crippen LogP contribution in [0.3, 0.4) is 0 Å². The molecule has 0 aromatic heterocycles. The number of aliphatic imine (C=N–C) groups is 1. The monoisotopic (exact) mass is 397 g/mol. The van der Waals surface area contributed by atoms with E-state index >= 15 is 0 Å². The van der Waals surface area contributed by atoms with Crippen LogP contribution in [-0.4, -0.2) is 41.0 Å². The maximum absolute atomic E-state index is 12.7. The van der Waals surface area contributed by atoms with Gasteiger partial charge in [-0.2, -0.15) is 0 Å². The lowest BCUT2D eigenvalue weighted by Crippen LogP contribution is -2.43. The summed E-state index contributed by atoms with van der Waals surface area (Å²) in [6.45, 7) is 2.14. The predicted octanol–water partition coefficient (Wildman–Crippen LogP) is 3.31. The molecule has 2 aromatic carbocycles. The van der Waals surface area contributed by atoms with E-state index in [4.69, 9.17) is 9.47 Å². The van der Waals surface area contributed by atoms with Crippen LogP contribution in [0.5, 0.6) is 11.5 Å². The van der Waals surface area contributed by atoms with E-state index in [9.17, 15) is 9.59 Å². The fraction of sp³-hybridized carbons (Fsp3) is 0.250. The maximum Gasteiger partial charge on any atom is 0.238 e. The second-order valence-corrected chi connectivity index (χ2v) is 7.72. The first kappa shape index (κ1) is 18.4. The Labute approximate surface area is 166 Å². The molecule has 28 heavy (non-hydrogen) atoms. The molecule has 8 heteroatoms. The number of ether oxygens (including phenoxy) is 2. The van der Waals surface area contributed by atoms with E-state index in [0.717, 1.165) is 5.56 Å². The molecule has 1 atom stereocenters. The van der Waals surface area contributed by atoms with Crippen LogP contribution in [-0.2, 0) is 9.59 Å². The third-order valence-electron chi connectivity index (χ3n) is 4.43. The topological polar surface area (TPSA) is 80.2 Å². The Morgan fingerprint density at radius 3 is 2.86 bits per heavy atom. The molecule has 2 aromatic rings. The summed E-state index contributed by atoms with van der Waals surface area (Å²) in [6, 6.07) is 12.9. The first-order chi connectivity index (χ1) is 13.5. The lowest BCUT2D eigenvalue weighted by Gasteiger charge is -2.28. The van der Waals surface area contributed by atoms with Crippen molar-refractivity contribution in [2.75, 3.05) is 19.2 Å². The normalized spacial score (nSPS) is 19.8. The predicted molar refractivity (Wildman–Crippen MR) is 108 cm³/mol. The highest BCUT2D eigenvalue weighted by molar-refractivity contribution is 8.15. The van der Waals surface area contributed by atoms with Gasteiger partial charge in [0.05, 0.1) is 5.69 Å². The first-order valence-corrected chi connectivity index (χ1v) is 9.66. The number of amidine groups is 1. The number of aryl methyl sites for hydroxylation is 1. The summed E-state index contributed by atoms with van der Waals surface area (Å²) in [5, 5.41) is 2.81. The highest BCUT2D eigenvalue weighted by Gasteiger charge is 2.34. The molecule has 7 nitrogen and oxygen atoms in total. The lowest BCUT2D eigenvalue weighted by atomic mass is 10.2. The number of thioether (sulfide) groups is 1. The number of nitrogens with one attached hydrogen (secondary N) is 1. The van der Waals surface area contributed by atoms with Gasteiger partial charge >= 0.3 is 0 Å². The number of amides is 2. The van der Waals surface area contributed by atoms with Crippen molar-refractivity contribution in [2.24, 2.45) is 4.99 Å². The van der Waals surface area contributed by atoms with Gasteiger partial charge in [0.2, 0.25) is 18.6 Å². The number of nitrogens with zero attached hydrogens (tertiary/aromatic N) is 2. The molecule has 1 fully saturated rings. The Bertz CT molecular complexity index is 976. The Balaban J connectivity index is 1.53. The molecular weight excluding hydrogens is 378 g/mol. The van der Waals surface area contributed by atoms with Gasteiger partial charge in [-0.15, -0.1) is 0 Å². The molecule has 2 aliphatic heterocycles. The number of rotatable bonds is 3. The van der Waals surface area contributed by atoms with Crippen LogP contribution in [0.1, 0.15) is 12.0 Å². The molecule has 0 unspecified atom stereocenters. The average Bonchev–Trinajstić information content (AvgIpc) is 3.13. The molecule has 0 bridgehead atoms. The van der Waals surface area contributed by atoms with Crippen molar-refractivity contribution in [1.29, 1.82) is 0 Å². The van der Waals surface area contributed by atoms with Gasteiger partial charge in [-0.25, -0.2) is 4.99 Å². The fourth-order valence-electron chi connectivity index (χ4n) is 2.91. The number of benzene rings is 2. The molecule has 4 rings (SSSR count). The highest BCUT2D eigenvalue weighted by Crippen LogP contribution is 2.36. The summed E-state index contributed by atoms with van der Waals surface area (Å²) in [4.78, 5) is 31.1. The summed E-state index contributed by atoms with van der Waals surface area (Å²) < 4.78 is 10.7. The molecular formula is C20H19N3O4S. The van der Waals surface area contributed by atoms with Crippen molar-refractivity contribution in [2.45, 2.75) is 18.6 Å². The Kier molecular flexibility index (Phi) is 4.95. The van der Waals surface area contributed by atoms with Crippen LogP contribution in [0.4, 0.5) is 11.4 Å². The van der Waals surface area contributed by atoms with Crippen molar-refractivity contribution in [3.63, 3.8) is 0 Å². The summed E-state index contributed by atoms with van der Waals surface area (Å²) in [6.07, 6.45) is 0.124. The average molecular weight is 397 g/mol. The van der Waals surface area contributed by atoms with Crippen LogP contribution in [0, 0.1) is 6.92 Å². The summed E-state index contributed by atoms with van der Waals surface area (Å²) in [5.41, 5.74) is 2.40. The molecule has 0 aliphatic carbocycles. The van der Waals surface area contributed by atoms with Crippen molar-refractivity contribution in [3.8, 4) is 11.5 Å². The Morgan fingerprint density at radius 2 is 2.04 bits per heavy atom. The number of carbonyl (C=O) groups excluding carboxylic acids is 2. The largest absolute Gasteiger partial charge is 0.454 e. The number of hydrogen-bond acceptors (Lipinski definition) is 6. The van der Waals surface area contributed by atoms with Gasteiger partial charge in [0, 0.05) is 25.2 Å². The van der Waals surface area contributed by atoms with Crippen molar-refractivity contribution in [3.05, 3.63) is 48.0 Å². The van der Waals surface area contributed by atoms with Crippen LogP contribution in [0.2, 0.25) is 0 Å². The quantitative estimate of drug-likeness (QED) is 0.859. The summed E-state index contributed by atoms with van der Waals surface area (Å²) in [5.74, 6) is 0.920. The second kappa shape index (κ2) is 7.55. The van der Waals surface area contributed by atoms with Gasteiger partial charge < -0.3 is 14.8 Å². The van der Waals surface area contributed by atoms with Gasteiger partial charge in [0.15, 0.2) is 16.7 Å². The van der Waals surface area contributed by atoms with E-state index in [1.54, 1.807) is 25.2 Å². The highest BCUT2D eigenvalue weighted by atomic mass is 32.2. The third-order valence-corrected chi connectivity index (χ3v) is 5.67. The maximum atomic E-state index is 12.7. The zero-order valence-corrected chi connectivity index (χ0v) is 16.3. The van der Waals surface area contributed by atoms with Gasteiger partial charge in [-0.05, 0) is 36.8 Å². The summed E-state index contributed by atoms with van der Waals surface area (Å²) >= 11 is 1.27. The third kappa shape index (κ3) is 3.82. The Hall–Kier alpha value is -3.00. The van der Waals surface area contributed by atoms with Crippen LogP contribution < -0.4 is 14.8 Å². The van der Waals surface area contributed by atoms with Crippen LogP contribution in [0.25, 0.3) is 0 Å². The standard InChI is InChI=1S/C20H19N3O4S/c1-12-4-3-5-13(8-12)21-19(25)17-10-18(24)23(2)20(28-17)22-14-6-7-15-16(9-14)27-11-26-15/h3-9,17H,10-11H2,1-2H3,(H,21,25)/t17-/m1/s1. The SMILES string of the molecule is Cc1cccc(NC(=O)[C@H]2CC(=O)N(C)C(=Nc3ccc4c(c3)OCO4)S2)c1. The van der Waals surface area contributed by atoms with Gasteiger partial charge in [-0.3, -0.25) is 14.5 Å². The molecule has 0 radical (unpaired) electrons. The number of anilines is 1. The van der Waals surface area contributed by atoms with E-state index in [1.165, 1.54) is 16.7 Å². The van der Waals surface area contributed by atoms with Crippen molar-refractivity contribution >= 4 is 40.1 Å². The van der Waals surface area contributed by atoms with E-state index in [1.807, 2.05) is 31.2 Å². The molecule has 0 spiro atoms. The lowest BCUT2D eigenvalue weighted by molar-refractivity contribution is -0.128. The molecule has 2 aliphatic rings. The fourth-order valence-corrected chi connectivity index (χ4v) is 3.97. The van der Waals surface area contributed by atoms with E-state index in [0.29, 0.717) is 28.0 Å². The zero-order chi connectivity index (χ0) is 19.7. The minimum atomic E-state index is -0.544. The number of hydrogen-bond donors (Lipinski definition) is 1. The van der Waals surface area contributed by atoms with Gasteiger partial charge in [0.25, 0.3) is 0 Å². The van der Waals surface area contributed by atoms with E-state index in [2.05, 4.69) is 10.3 Å². The van der Waals surface area contributed by atoms with Crippen LogP contribution in [0.15, 0.2) is 47.5 Å². The summed E-state index contributed by atoms with van der Waals surface area (Å²) in [7, 11) is 1.66. The van der Waals surface area contributed by atoms with Gasteiger partial charge in [-0.1, -0.05) is 23.9 Å². The van der Waals surface area contributed by atoms with Crippen molar-refractivity contribution in [1.82, 2.24) is 4.90 Å². The minimum Gasteiger partial charge on any atom is -0.454 e. The zero-order valence-electron chi connectivity index (χ0n) is 15.5. The van der Waals surface area contributed by atoms with Crippen molar-refractivity contribution < 1.29 is 19.1 Å². The number of carbonyl (C=O) groups is 2. The molecule has 1 saturated heterocycles. The molecule has 2 amide bonds. The number of fused-ring (bicyclic) bond motifs is 1.